The van der Waals surface area contributed by atoms with E-state index in [0.717, 1.165) is 25.1 Å². The van der Waals surface area contributed by atoms with E-state index in [2.05, 4.69) is 0 Å². The van der Waals surface area contributed by atoms with Crippen molar-refractivity contribution in [3.05, 3.63) is 39.7 Å². The fourth-order valence-corrected chi connectivity index (χ4v) is 1.11. The third kappa shape index (κ3) is 2.13. The fourth-order valence-electron chi connectivity index (χ4n) is 1.11. The van der Waals surface area contributed by atoms with E-state index in [9.17, 15) is 23.3 Å². The Morgan fingerprint density at radius 2 is 2.06 bits per heavy atom. The highest BCUT2D eigenvalue weighted by molar-refractivity contribution is 5.39. The van der Waals surface area contributed by atoms with E-state index in [0.29, 0.717) is 0 Å². The Morgan fingerprint density at radius 3 is 2.50 bits per heavy atom. The van der Waals surface area contributed by atoms with E-state index in [1.807, 2.05) is 0 Å². The van der Waals surface area contributed by atoms with Crippen LogP contribution in [0.4, 0.5) is 18.9 Å². The molecule has 1 atom stereocenters. The van der Waals surface area contributed by atoms with Gasteiger partial charge in [0.15, 0.2) is 0 Å². The fraction of sp³-hybridized carbons (Fsp3) is 0.333. The second-order valence-corrected chi connectivity index (χ2v) is 3.51. The van der Waals surface area contributed by atoms with Crippen molar-refractivity contribution in [3.8, 4) is 0 Å². The van der Waals surface area contributed by atoms with Crippen molar-refractivity contribution in [2.75, 3.05) is 0 Å². The lowest BCUT2D eigenvalue weighted by Crippen LogP contribution is -2.40. The maximum Gasteiger partial charge on any atom is 0.305 e. The number of nitrogens with zero attached hydrogens (tertiary/aromatic N) is 1. The molecule has 0 aliphatic carbocycles. The van der Waals surface area contributed by atoms with Crippen molar-refractivity contribution in [1.82, 2.24) is 0 Å². The van der Waals surface area contributed by atoms with Gasteiger partial charge >= 0.3 is 5.69 Å². The minimum atomic E-state index is -2.91. The minimum absolute atomic E-state index is 0.185. The average Bonchev–Trinajstić information content (AvgIpc) is 2.17. The number of hydrogen-bond acceptors (Lipinski definition) is 3. The van der Waals surface area contributed by atoms with Crippen LogP contribution in [0.1, 0.15) is 12.5 Å². The lowest BCUT2D eigenvalue weighted by molar-refractivity contribution is -0.387. The Hall–Kier alpha value is -1.63. The monoisotopic (exact) mass is 234 g/mol. The number of benzene rings is 1. The molecule has 2 N–H and O–H groups in total. The molecule has 0 saturated heterocycles. The quantitative estimate of drug-likeness (QED) is 0.643. The molecule has 0 heterocycles. The standard InChI is InChI=1S/C9H9F3N2O2/c1-9(13,8(11)12)5-2-3-6(10)7(4-5)14(15)16/h2-4,8H,13H2,1H3. The lowest BCUT2D eigenvalue weighted by Gasteiger charge is -2.23. The number of rotatable bonds is 3. The van der Waals surface area contributed by atoms with Crippen LogP contribution < -0.4 is 5.73 Å². The lowest BCUT2D eigenvalue weighted by atomic mass is 9.93. The highest BCUT2D eigenvalue weighted by atomic mass is 19.3. The molecule has 0 aliphatic heterocycles. The van der Waals surface area contributed by atoms with Gasteiger partial charge in [-0.2, -0.15) is 4.39 Å². The predicted molar refractivity (Wildman–Crippen MR) is 50.6 cm³/mol. The third-order valence-electron chi connectivity index (χ3n) is 2.22. The highest BCUT2D eigenvalue weighted by Gasteiger charge is 2.34. The molecule has 1 unspecified atom stereocenters. The van der Waals surface area contributed by atoms with Crippen LogP contribution in [0.25, 0.3) is 0 Å². The smallest absolute Gasteiger partial charge is 0.305 e. The summed E-state index contributed by atoms with van der Waals surface area (Å²) in [6, 6.07) is 2.48. The van der Waals surface area contributed by atoms with Gasteiger partial charge in [-0.25, -0.2) is 8.78 Å². The molecule has 1 aromatic carbocycles. The number of halogens is 3. The maximum atomic E-state index is 12.9. The first-order valence-electron chi connectivity index (χ1n) is 4.28. The number of nitrogens with two attached hydrogens (primary N) is 1. The molecule has 1 rings (SSSR count). The molecule has 4 nitrogen and oxygen atoms in total. The number of alkyl halides is 2. The number of nitro benzene ring substituents is 1. The van der Waals surface area contributed by atoms with Crippen molar-refractivity contribution in [2.45, 2.75) is 18.9 Å². The summed E-state index contributed by atoms with van der Waals surface area (Å²) in [5.74, 6) is -1.08. The van der Waals surface area contributed by atoms with Crippen LogP contribution >= 0.6 is 0 Å². The Labute approximate surface area is 89.0 Å². The molecule has 1 aromatic rings. The number of nitro groups is 1. The van der Waals surface area contributed by atoms with Crippen LogP contribution in [0.5, 0.6) is 0 Å². The van der Waals surface area contributed by atoms with Crippen molar-refractivity contribution in [2.24, 2.45) is 5.73 Å². The zero-order valence-electron chi connectivity index (χ0n) is 8.28. The Balaban J connectivity index is 3.28. The Bertz CT molecular complexity index is 421. The highest BCUT2D eigenvalue weighted by Crippen LogP contribution is 2.29. The molecule has 16 heavy (non-hydrogen) atoms. The van der Waals surface area contributed by atoms with Crippen molar-refractivity contribution in [1.29, 1.82) is 0 Å². The first kappa shape index (κ1) is 12.4. The second kappa shape index (κ2) is 4.09. The van der Waals surface area contributed by atoms with Crippen molar-refractivity contribution < 1.29 is 18.1 Å². The zero-order valence-corrected chi connectivity index (χ0v) is 8.28. The molecule has 0 saturated carbocycles. The van der Waals surface area contributed by atoms with E-state index in [1.165, 1.54) is 0 Å². The van der Waals surface area contributed by atoms with E-state index in [1.54, 1.807) is 0 Å². The summed E-state index contributed by atoms with van der Waals surface area (Å²) in [6.07, 6.45) is -2.91. The van der Waals surface area contributed by atoms with Crippen LogP contribution in [0.3, 0.4) is 0 Å². The molecule has 0 bridgehead atoms. The van der Waals surface area contributed by atoms with Gasteiger partial charge in [-0.05, 0) is 18.6 Å². The molecule has 0 radical (unpaired) electrons. The van der Waals surface area contributed by atoms with Gasteiger partial charge in [0, 0.05) is 6.07 Å². The average molecular weight is 234 g/mol. The van der Waals surface area contributed by atoms with Crippen LogP contribution in [-0.4, -0.2) is 11.3 Å². The topological polar surface area (TPSA) is 69.2 Å². The predicted octanol–water partition coefficient (Wildman–Crippen LogP) is 2.17. The zero-order chi connectivity index (χ0) is 12.5. The maximum absolute atomic E-state index is 12.9. The van der Waals surface area contributed by atoms with E-state index >= 15 is 0 Å². The first-order valence-corrected chi connectivity index (χ1v) is 4.28. The van der Waals surface area contributed by atoms with Crippen LogP contribution in [0.2, 0.25) is 0 Å². The van der Waals surface area contributed by atoms with E-state index < -0.39 is 28.4 Å². The molecule has 0 amide bonds. The van der Waals surface area contributed by atoms with Crippen LogP contribution in [-0.2, 0) is 5.54 Å². The van der Waals surface area contributed by atoms with Gasteiger partial charge in [-0.15, -0.1) is 0 Å². The summed E-state index contributed by atoms with van der Waals surface area (Å²) in [7, 11) is 0. The largest absolute Gasteiger partial charge is 0.317 e. The van der Waals surface area contributed by atoms with Gasteiger partial charge in [-0.3, -0.25) is 10.1 Å². The van der Waals surface area contributed by atoms with Gasteiger partial charge < -0.3 is 5.73 Å². The third-order valence-corrected chi connectivity index (χ3v) is 2.22. The van der Waals surface area contributed by atoms with Gasteiger partial charge in [0.2, 0.25) is 5.82 Å². The molecule has 0 fully saturated rings. The second-order valence-electron chi connectivity index (χ2n) is 3.51. The normalized spacial score (nSPS) is 14.9. The Morgan fingerprint density at radius 1 is 1.50 bits per heavy atom. The molecule has 0 aromatic heterocycles. The van der Waals surface area contributed by atoms with Crippen LogP contribution in [0, 0.1) is 15.9 Å². The molecule has 88 valence electrons. The van der Waals surface area contributed by atoms with Gasteiger partial charge in [0.1, 0.15) is 0 Å². The molecular formula is C9H9F3N2O2. The van der Waals surface area contributed by atoms with Gasteiger partial charge in [-0.1, -0.05) is 6.07 Å². The van der Waals surface area contributed by atoms with Gasteiger partial charge in [0.05, 0.1) is 10.5 Å². The number of hydrogen-bond donors (Lipinski definition) is 1. The molecule has 7 heteroatoms. The molecule has 0 aliphatic rings. The summed E-state index contributed by atoms with van der Waals surface area (Å²) in [5, 5.41) is 10.4. The first-order chi connectivity index (χ1) is 7.26. The SMILES string of the molecule is CC(N)(c1ccc(F)c([N+](=O)[O-])c1)C(F)F. The van der Waals surface area contributed by atoms with Crippen molar-refractivity contribution >= 4 is 5.69 Å². The van der Waals surface area contributed by atoms with E-state index in [-0.39, 0.29) is 5.56 Å². The summed E-state index contributed by atoms with van der Waals surface area (Å²) in [4.78, 5) is 9.42. The van der Waals surface area contributed by atoms with Gasteiger partial charge in [0.25, 0.3) is 6.43 Å². The summed E-state index contributed by atoms with van der Waals surface area (Å²) in [5.41, 5.74) is 2.21. The summed E-state index contributed by atoms with van der Waals surface area (Å²) < 4.78 is 38.0. The summed E-state index contributed by atoms with van der Waals surface area (Å²) >= 11 is 0. The Kier molecular flexibility index (Phi) is 3.18. The van der Waals surface area contributed by atoms with Crippen molar-refractivity contribution in [3.63, 3.8) is 0 Å². The summed E-state index contributed by atoms with van der Waals surface area (Å²) in [6.45, 7) is 1.02. The minimum Gasteiger partial charge on any atom is -0.317 e. The molecule has 0 spiro atoms. The molecular weight excluding hydrogens is 225 g/mol. The van der Waals surface area contributed by atoms with E-state index in [4.69, 9.17) is 5.73 Å². The van der Waals surface area contributed by atoms with Crippen LogP contribution in [0.15, 0.2) is 18.2 Å².